The van der Waals surface area contributed by atoms with Crippen molar-refractivity contribution in [3.8, 4) is 0 Å². The van der Waals surface area contributed by atoms with Gasteiger partial charge in [0, 0.05) is 19.2 Å². The summed E-state index contributed by atoms with van der Waals surface area (Å²) in [6, 6.07) is 5.69. The number of benzene rings is 1. The number of rotatable bonds is 7. The molecule has 1 aromatic carbocycles. The lowest BCUT2D eigenvalue weighted by Gasteiger charge is -2.36. The van der Waals surface area contributed by atoms with Gasteiger partial charge in [-0.3, -0.25) is 24.6 Å². The van der Waals surface area contributed by atoms with Crippen LogP contribution in [0.5, 0.6) is 0 Å². The van der Waals surface area contributed by atoms with E-state index in [-0.39, 0.29) is 37.1 Å². The van der Waals surface area contributed by atoms with E-state index in [0.29, 0.717) is 12.1 Å². The minimum Gasteiger partial charge on any atom is -0.378 e. The zero-order valence-corrected chi connectivity index (χ0v) is 16.3. The summed E-state index contributed by atoms with van der Waals surface area (Å²) in [6.07, 6.45) is 3.35. The summed E-state index contributed by atoms with van der Waals surface area (Å²) in [4.78, 5) is 48.8. The number of anilines is 1. The molecule has 0 aromatic heterocycles. The Morgan fingerprint density at radius 2 is 2.07 bits per heavy atom. The van der Waals surface area contributed by atoms with E-state index in [4.69, 9.17) is 0 Å². The van der Waals surface area contributed by atoms with E-state index < -0.39 is 22.4 Å². The van der Waals surface area contributed by atoms with Crippen LogP contribution in [0.4, 0.5) is 16.2 Å². The summed E-state index contributed by atoms with van der Waals surface area (Å²) < 4.78 is 0. The molecule has 2 fully saturated rings. The van der Waals surface area contributed by atoms with E-state index in [0.717, 1.165) is 24.2 Å². The molecule has 1 heterocycles. The Labute approximate surface area is 168 Å². The molecule has 1 saturated carbocycles. The van der Waals surface area contributed by atoms with Crippen molar-refractivity contribution in [2.24, 2.45) is 5.92 Å². The van der Waals surface area contributed by atoms with Gasteiger partial charge in [0.25, 0.3) is 11.6 Å². The Bertz CT molecular complexity index is 829. The summed E-state index contributed by atoms with van der Waals surface area (Å²) in [5.74, 6) is -0.757. The molecule has 1 aliphatic carbocycles. The number of carbonyl (C=O) groups excluding carboxylic acids is 3. The smallest absolute Gasteiger partial charge is 0.325 e. The number of nitro groups is 1. The maximum Gasteiger partial charge on any atom is 0.325 e. The second-order valence-electron chi connectivity index (χ2n) is 7.49. The van der Waals surface area contributed by atoms with Gasteiger partial charge in [-0.1, -0.05) is 31.9 Å². The Morgan fingerprint density at radius 1 is 1.31 bits per heavy atom. The SMILES string of the molecule is C[C@@H]1CCCC[C@]12NC(=O)N(CC(=O)NCCNc1ccccc1[N+](=O)[O-])C2=O. The van der Waals surface area contributed by atoms with Crippen LogP contribution in [-0.2, 0) is 9.59 Å². The van der Waals surface area contributed by atoms with Crippen LogP contribution < -0.4 is 16.0 Å². The number of amides is 4. The fraction of sp³-hybridized carbons (Fsp3) is 0.526. The fourth-order valence-corrected chi connectivity index (χ4v) is 4.02. The maximum absolute atomic E-state index is 12.8. The van der Waals surface area contributed by atoms with Crippen molar-refractivity contribution in [2.45, 2.75) is 38.1 Å². The maximum atomic E-state index is 12.8. The Morgan fingerprint density at radius 3 is 2.79 bits per heavy atom. The van der Waals surface area contributed by atoms with Crippen molar-refractivity contribution in [1.82, 2.24) is 15.5 Å². The first-order chi connectivity index (χ1) is 13.8. The van der Waals surface area contributed by atoms with Gasteiger partial charge in [0.1, 0.15) is 17.8 Å². The molecule has 156 valence electrons. The van der Waals surface area contributed by atoms with Crippen LogP contribution in [0.2, 0.25) is 0 Å². The number of imide groups is 1. The number of urea groups is 1. The molecule has 3 N–H and O–H groups in total. The molecular weight excluding hydrogens is 378 g/mol. The van der Waals surface area contributed by atoms with Crippen LogP contribution in [0, 0.1) is 16.0 Å². The average Bonchev–Trinajstić information content (AvgIpc) is 2.93. The molecule has 29 heavy (non-hydrogen) atoms. The van der Waals surface area contributed by atoms with Crippen LogP contribution in [0.15, 0.2) is 24.3 Å². The zero-order chi connectivity index (χ0) is 21.0. The van der Waals surface area contributed by atoms with E-state index in [9.17, 15) is 24.5 Å². The molecule has 1 spiro atoms. The Kier molecular flexibility index (Phi) is 6.00. The summed E-state index contributed by atoms with van der Waals surface area (Å²) in [5, 5.41) is 19.3. The highest BCUT2D eigenvalue weighted by Crippen LogP contribution is 2.38. The van der Waals surface area contributed by atoms with Crippen LogP contribution in [0.1, 0.15) is 32.6 Å². The third kappa shape index (κ3) is 4.15. The van der Waals surface area contributed by atoms with Gasteiger partial charge in [0.15, 0.2) is 0 Å². The Hall–Kier alpha value is -3.17. The number of carbonyl (C=O) groups is 3. The van der Waals surface area contributed by atoms with Gasteiger partial charge in [-0.05, 0) is 24.8 Å². The molecule has 2 atom stereocenters. The third-order valence-electron chi connectivity index (χ3n) is 5.67. The molecule has 2 aliphatic rings. The molecule has 4 amide bonds. The van der Waals surface area contributed by atoms with Crippen LogP contribution in [-0.4, -0.2) is 52.8 Å². The lowest BCUT2D eigenvalue weighted by atomic mass is 9.73. The quantitative estimate of drug-likeness (QED) is 0.274. The average molecular weight is 403 g/mol. The number of hydrogen-bond acceptors (Lipinski definition) is 6. The number of para-hydroxylation sites is 2. The van der Waals surface area contributed by atoms with Gasteiger partial charge in [0.05, 0.1) is 4.92 Å². The van der Waals surface area contributed by atoms with Gasteiger partial charge in [-0.2, -0.15) is 0 Å². The van der Waals surface area contributed by atoms with Crippen LogP contribution in [0.3, 0.4) is 0 Å². The highest BCUT2D eigenvalue weighted by molar-refractivity contribution is 6.09. The molecule has 0 unspecified atom stereocenters. The van der Waals surface area contributed by atoms with Crippen molar-refractivity contribution in [3.63, 3.8) is 0 Å². The highest BCUT2D eigenvalue weighted by atomic mass is 16.6. The van der Waals surface area contributed by atoms with E-state index in [1.807, 2.05) is 6.92 Å². The van der Waals surface area contributed by atoms with Gasteiger partial charge in [-0.15, -0.1) is 0 Å². The molecule has 0 bridgehead atoms. The first kappa shape index (κ1) is 20.6. The van der Waals surface area contributed by atoms with Crippen molar-refractivity contribution in [2.75, 3.05) is 25.0 Å². The van der Waals surface area contributed by atoms with E-state index in [1.165, 1.54) is 6.07 Å². The normalized spacial score (nSPS) is 23.8. The third-order valence-corrected chi connectivity index (χ3v) is 5.67. The molecule has 10 heteroatoms. The van der Waals surface area contributed by atoms with E-state index in [1.54, 1.807) is 18.2 Å². The van der Waals surface area contributed by atoms with Gasteiger partial charge in [-0.25, -0.2) is 4.79 Å². The minimum absolute atomic E-state index is 0.0339. The predicted octanol–water partition coefficient (Wildman–Crippen LogP) is 1.62. The molecule has 10 nitrogen and oxygen atoms in total. The standard InChI is InChI=1S/C19H25N5O5/c1-13-6-4-5-9-19(13)17(26)23(18(27)22-19)12-16(25)21-11-10-20-14-7-2-3-8-15(14)24(28)29/h2-3,7-8,13,20H,4-6,9-12H2,1H3,(H,21,25)(H,22,27)/t13-,19+/m1/s1. The molecule has 3 rings (SSSR count). The van der Waals surface area contributed by atoms with E-state index >= 15 is 0 Å². The molecule has 1 aliphatic heterocycles. The lowest BCUT2D eigenvalue weighted by molar-refractivity contribution is -0.384. The van der Waals surface area contributed by atoms with Gasteiger partial charge in [0.2, 0.25) is 5.91 Å². The van der Waals surface area contributed by atoms with Crippen molar-refractivity contribution in [1.29, 1.82) is 0 Å². The zero-order valence-electron chi connectivity index (χ0n) is 16.3. The van der Waals surface area contributed by atoms with Gasteiger partial charge < -0.3 is 16.0 Å². The second kappa shape index (κ2) is 8.46. The molecule has 1 aromatic rings. The van der Waals surface area contributed by atoms with E-state index in [2.05, 4.69) is 16.0 Å². The minimum atomic E-state index is -0.886. The van der Waals surface area contributed by atoms with Crippen molar-refractivity contribution < 1.29 is 19.3 Å². The van der Waals surface area contributed by atoms with Gasteiger partial charge >= 0.3 is 6.03 Å². The monoisotopic (exact) mass is 403 g/mol. The summed E-state index contributed by atoms with van der Waals surface area (Å²) in [5.41, 5.74) is -0.581. The number of nitrogens with one attached hydrogen (secondary N) is 3. The first-order valence-corrected chi connectivity index (χ1v) is 9.73. The number of nitrogens with zero attached hydrogens (tertiary/aromatic N) is 2. The lowest BCUT2D eigenvalue weighted by Crippen LogP contribution is -2.54. The molecule has 0 radical (unpaired) electrons. The number of nitro benzene ring substituents is 1. The molecule has 1 saturated heterocycles. The van der Waals surface area contributed by atoms with Crippen LogP contribution in [0.25, 0.3) is 0 Å². The van der Waals surface area contributed by atoms with Crippen molar-refractivity contribution >= 4 is 29.2 Å². The Balaban J connectivity index is 1.49. The fourth-order valence-electron chi connectivity index (χ4n) is 4.02. The summed E-state index contributed by atoms with van der Waals surface area (Å²) in [6.45, 7) is 2.06. The predicted molar refractivity (Wildman–Crippen MR) is 105 cm³/mol. The number of hydrogen-bond donors (Lipinski definition) is 3. The highest BCUT2D eigenvalue weighted by Gasteiger charge is 2.55. The second-order valence-corrected chi connectivity index (χ2v) is 7.49. The topological polar surface area (TPSA) is 134 Å². The summed E-state index contributed by atoms with van der Waals surface area (Å²) >= 11 is 0. The van der Waals surface area contributed by atoms with Crippen molar-refractivity contribution in [3.05, 3.63) is 34.4 Å². The van der Waals surface area contributed by atoms with Crippen LogP contribution >= 0.6 is 0 Å². The first-order valence-electron chi connectivity index (χ1n) is 9.73. The summed E-state index contributed by atoms with van der Waals surface area (Å²) in [7, 11) is 0. The molecular formula is C19H25N5O5. The largest absolute Gasteiger partial charge is 0.378 e.